The molecule has 0 aromatic carbocycles. The normalized spacial score (nSPS) is 27.2. The second-order valence-electron chi connectivity index (χ2n) is 9.18. The minimum absolute atomic E-state index is 0.215. The first kappa shape index (κ1) is 21.9. The van der Waals surface area contributed by atoms with Crippen LogP contribution < -0.4 is 0 Å². The molecule has 2 rings (SSSR count). The number of methoxy groups -OCH3 is 1. The molecule has 0 N–H and O–H groups in total. The molecule has 1 aliphatic heterocycles. The predicted octanol–water partition coefficient (Wildman–Crippen LogP) is 4.64. The maximum atomic E-state index is 6.42. The number of nitrogens with zero attached hydrogens (tertiary/aromatic N) is 1. The van der Waals surface area contributed by atoms with E-state index in [1.165, 1.54) is 0 Å². The Balaban J connectivity index is 1.86. The first-order chi connectivity index (χ1) is 12.2. The molecule has 1 heterocycles. The fourth-order valence-corrected chi connectivity index (χ4v) is 3.91. The minimum Gasteiger partial charge on any atom is -0.383 e. The van der Waals surface area contributed by atoms with E-state index in [9.17, 15) is 0 Å². The van der Waals surface area contributed by atoms with Crippen LogP contribution in [0, 0.1) is 11.3 Å². The van der Waals surface area contributed by atoms with Gasteiger partial charge in [0.25, 0.3) is 0 Å². The van der Waals surface area contributed by atoms with E-state index in [1.807, 2.05) is 0 Å². The molecule has 1 spiro atoms. The van der Waals surface area contributed by atoms with Crippen LogP contribution in [0.2, 0.25) is 0 Å². The molecule has 4 nitrogen and oxygen atoms in total. The Bertz CT molecular complexity index is 472. The summed E-state index contributed by atoms with van der Waals surface area (Å²) in [7, 11) is 1.77. The van der Waals surface area contributed by atoms with Crippen LogP contribution in [0.15, 0.2) is 11.6 Å². The summed E-state index contributed by atoms with van der Waals surface area (Å²) in [6.45, 7) is 17.4. The quantitative estimate of drug-likeness (QED) is 0.556. The highest BCUT2D eigenvalue weighted by Gasteiger charge is 2.43. The summed E-state index contributed by atoms with van der Waals surface area (Å²) in [5.74, 6) is 0.284. The smallest absolute Gasteiger partial charge is 0.172 e. The number of hydrogen-bond donors (Lipinski definition) is 0. The molecule has 0 bridgehead atoms. The van der Waals surface area contributed by atoms with Crippen molar-refractivity contribution in [1.82, 2.24) is 4.90 Å². The van der Waals surface area contributed by atoms with E-state index in [-0.39, 0.29) is 17.3 Å². The van der Waals surface area contributed by atoms with Crippen molar-refractivity contribution in [2.75, 3.05) is 33.4 Å². The standard InChI is InChI=1S/C22H41NO3/c1-17(2)21(5,6)19-8-11-22(12-9-19)25-16-20(26-22)10-13-23(18(3)4)14-15-24-7/h8,17-18,20H,9-16H2,1-7H3. The van der Waals surface area contributed by atoms with Crippen LogP contribution in [0.25, 0.3) is 0 Å². The lowest BCUT2D eigenvalue weighted by Crippen LogP contribution is -2.37. The van der Waals surface area contributed by atoms with E-state index in [0.29, 0.717) is 12.0 Å². The van der Waals surface area contributed by atoms with Crippen molar-refractivity contribution in [3.63, 3.8) is 0 Å². The van der Waals surface area contributed by atoms with Crippen molar-refractivity contribution >= 4 is 0 Å². The molecule has 1 fully saturated rings. The predicted molar refractivity (Wildman–Crippen MR) is 107 cm³/mol. The zero-order valence-corrected chi connectivity index (χ0v) is 18.1. The highest BCUT2D eigenvalue weighted by molar-refractivity contribution is 5.18. The maximum Gasteiger partial charge on any atom is 0.172 e. The molecule has 2 atom stereocenters. The summed E-state index contributed by atoms with van der Waals surface area (Å²) < 4.78 is 17.8. The van der Waals surface area contributed by atoms with E-state index in [0.717, 1.165) is 52.0 Å². The molecule has 2 aliphatic rings. The second kappa shape index (κ2) is 9.18. The van der Waals surface area contributed by atoms with Gasteiger partial charge < -0.3 is 14.2 Å². The van der Waals surface area contributed by atoms with Gasteiger partial charge in [-0.3, -0.25) is 4.90 Å². The summed E-state index contributed by atoms with van der Waals surface area (Å²) in [5.41, 5.74) is 1.83. The van der Waals surface area contributed by atoms with Crippen LogP contribution in [-0.2, 0) is 14.2 Å². The molecule has 1 aliphatic carbocycles. The largest absolute Gasteiger partial charge is 0.383 e. The molecule has 1 saturated heterocycles. The van der Waals surface area contributed by atoms with Gasteiger partial charge in [-0.2, -0.15) is 0 Å². The van der Waals surface area contributed by atoms with Crippen LogP contribution in [-0.4, -0.2) is 56.2 Å². The molecule has 26 heavy (non-hydrogen) atoms. The van der Waals surface area contributed by atoms with Gasteiger partial charge in [-0.15, -0.1) is 0 Å². The van der Waals surface area contributed by atoms with E-state index >= 15 is 0 Å². The van der Waals surface area contributed by atoms with Gasteiger partial charge in [0.2, 0.25) is 0 Å². The van der Waals surface area contributed by atoms with Crippen LogP contribution in [0.1, 0.15) is 67.2 Å². The van der Waals surface area contributed by atoms with Crippen LogP contribution in [0.4, 0.5) is 0 Å². The maximum absolute atomic E-state index is 6.42. The van der Waals surface area contributed by atoms with Gasteiger partial charge in [-0.05, 0) is 38.0 Å². The van der Waals surface area contributed by atoms with Crippen LogP contribution >= 0.6 is 0 Å². The summed E-state index contributed by atoms with van der Waals surface area (Å²) in [6.07, 6.45) is 6.61. The molecule has 0 amide bonds. The van der Waals surface area contributed by atoms with Gasteiger partial charge >= 0.3 is 0 Å². The first-order valence-electron chi connectivity index (χ1n) is 10.4. The molecule has 2 unspecified atom stereocenters. The lowest BCUT2D eigenvalue weighted by molar-refractivity contribution is -0.174. The van der Waals surface area contributed by atoms with Gasteiger partial charge in [0.1, 0.15) is 0 Å². The van der Waals surface area contributed by atoms with Crippen molar-refractivity contribution in [1.29, 1.82) is 0 Å². The van der Waals surface area contributed by atoms with Crippen molar-refractivity contribution in [3.05, 3.63) is 11.6 Å². The van der Waals surface area contributed by atoms with Gasteiger partial charge in [-0.25, -0.2) is 0 Å². The highest BCUT2D eigenvalue weighted by Crippen LogP contribution is 2.45. The Morgan fingerprint density at radius 1 is 1.27 bits per heavy atom. The van der Waals surface area contributed by atoms with Crippen molar-refractivity contribution in [2.24, 2.45) is 11.3 Å². The molecular weight excluding hydrogens is 326 g/mol. The fraction of sp³-hybridized carbons (Fsp3) is 0.909. The van der Waals surface area contributed by atoms with Crippen LogP contribution in [0.3, 0.4) is 0 Å². The third-order valence-electron chi connectivity index (χ3n) is 6.67. The second-order valence-corrected chi connectivity index (χ2v) is 9.18. The Hall–Kier alpha value is -0.420. The van der Waals surface area contributed by atoms with Gasteiger partial charge in [0, 0.05) is 39.1 Å². The highest BCUT2D eigenvalue weighted by atomic mass is 16.7. The summed E-state index contributed by atoms with van der Waals surface area (Å²) in [5, 5.41) is 0. The molecule has 0 radical (unpaired) electrons. The zero-order chi connectivity index (χ0) is 19.4. The fourth-order valence-electron chi connectivity index (χ4n) is 3.91. The Morgan fingerprint density at radius 2 is 2.00 bits per heavy atom. The van der Waals surface area contributed by atoms with Crippen molar-refractivity contribution in [2.45, 2.75) is 85.2 Å². The molecule has 0 saturated carbocycles. The Morgan fingerprint density at radius 3 is 2.54 bits per heavy atom. The molecular formula is C22H41NO3. The number of allylic oxidation sites excluding steroid dienone is 1. The molecule has 4 heteroatoms. The molecule has 0 aromatic heterocycles. The lowest BCUT2D eigenvalue weighted by atomic mass is 9.70. The number of hydrogen-bond acceptors (Lipinski definition) is 4. The van der Waals surface area contributed by atoms with E-state index < -0.39 is 0 Å². The Labute approximate surface area is 161 Å². The lowest BCUT2D eigenvalue weighted by Gasteiger charge is -2.39. The summed E-state index contributed by atoms with van der Waals surface area (Å²) in [6, 6.07) is 0.528. The van der Waals surface area contributed by atoms with Gasteiger partial charge in [-0.1, -0.05) is 39.3 Å². The first-order valence-corrected chi connectivity index (χ1v) is 10.4. The third kappa shape index (κ3) is 5.31. The minimum atomic E-state index is -0.365. The Kier molecular flexibility index (Phi) is 7.73. The van der Waals surface area contributed by atoms with E-state index in [2.05, 4.69) is 52.5 Å². The number of ether oxygens (including phenoxy) is 3. The van der Waals surface area contributed by atoms with Gasteiger partial charge in [0.05, 0.1) is 19.3 Å². The monoisotopic (exact) mass is 367 g/mol. The topological polar surface area (TPSA) is 30.9 Å². The third-order valence-corrected chi connectivity index (χ3v) is 6.67. The molecule has 152 valence electrons. The average Bonchev–Trinajstić information content (AvgIpc) is 2.97. The SMILES string of the molecule is COCCN(CCC1COC2(CC=C(C(C)(C)C(C)C)CC2)O1)C(C)C. The van der Waals surface area contributed by atoms with E-state index in [1.54, 1.807) is 12.7 Å². The summed E-state index contributed by atoms with van der Waals surface area (Å²) in [4.78, 5) is 2.46. The molecule has 0 aromatic rings. The summed E-state index contributed by atoms with van der Waals surface area (Å²) >= 11 is 0. The zero-order valence-electron chi connectivity index (χ0n) is 18.1. The average molecular weight is 368 g/mol. The number of rotatable bonds is 9. The van der Waals surface area contributed by atoms with E-state index in [4.69, 9.17) is 14.2 Å². The van der Waals surface area contributed by atoms with Crippen LogP contribution in [0.5, 0.6) is 0 Å². The van der Waals surface area contributed by atoms with Crippen molar-refractivity contribution < 1.29 is 14.2 Å². The van der Waals surface area contributed by atoms with Crippen molar-refractivity contribution in [3.8, 4) is 0 Å². The van der Waals surface area contributed by atoms with Gasteiger partial charge in [0.15, 0.2) is 5.79 Å².